The number of nitrogens with one attached hydrogen (secondary N) is 1. The Morgan fingerprint density at radius 2 is 1.63 bits per heavy atom. The number of hydrogen-bond donors (Lipinski definition) is 1. The fraction of sp³-hybridized carbons (Fsp3) is 0.417. The average molecular weight is 407 g/mol. The van der Waals surface area contributed by atoms with E-state index in [0.29, 0.717) is 26.2 Å². The van der Waals surface area contributed by atoms with Crippen LogP contribution in [-0.2, 0) is 16.0 Å². The zero-order valence-electron chi connectivity index (χ0n) is 17.6. The van der Waals surface area contributed by atoms with Crippen LogP contribution in [0.25, 0.3) is 0 Å². The molecule has 1 N–H and O–H groups in total. The first-order valence-corrected chi connectivity index (χ1v) is 10.8. The molecular formula is C24H30N4O2. The van der Waals surface area contributed by atoms with Crippen molar-refractivity contribution in [1.82, 2.24) is 9.80 Å². The van der Waals surface area contributed by atoms with E-state index in [1.165, 1.54) is 16.8 Å². The number of fused-ring (bicyclic) bond motifs is 1. The molecule has 2 amide bonds. The number of aryl methyl sites for hydroxylation is 2. The second kappa shape index (κ2) is 9.30. The van der Waals surface area contributed by atoms with Gasteiger partial charge in [-0.05, 0) is 43.5 Å². The zero-order chi connectivity index (χ0) is 20.9. The van der Waals surface area contributed by atoms with Gasteiger partial charge in [0.05, 0.1) is 13.1 Å². The number of para-hydroxylation sites is 1. The standard InChI is InChI=1S/C24H30N4O2/c1-19-8-10-21(11-9-19)25-23(29)17-26-13-15-27(16-14-26)24(30)18-28-12-4-6-20-5-2-3-7-22(20)28/h2-3,5,7-11H,4,6,12-18H2,1H3,(H,25,29). The predicted molar refractivity (Wildman–Crippen MR) is 120 cm³/mol. The lowest BCUT2D eigenvalue weighted by Crippen LogP contribution is -2.52. The van der Waals surface area contributed by atoms with Gasteiger partial charge in [-0.1, -0.05) is 35.9 Å². The van der Waals surface area contributed by atoms with Gasteiger partial charge in [-0.2, -0.15) is 0 Å². The Morgan fingerprint density at radius 1 is 0.900 bits per heavy atom. The van der Waals surface area contributed by atoms with Gasteiger partial charge in [0.25, 0.3) is 0 Å². The third-order valence-electron chi connectivity index (χ3n) is 5.96. The van der Waals surface area contributed by atoms with Gasteiger partial charge in [0, 0.05) is 44.1 Å². The molecule has 6 heteroatoms. The monoisotopic (exact) mass is 406 g/mol. The third-order valence-corrected chi connectivity index (χ3v) is 5.96. The number of anilines is 2. The zero-order valence-corrected chi connectivity index (χ0v) is 17.6. The van der Waals surface area contributed by atoms with Crippen molar-refractivity contribution in [3.8, 4) is 0 Å². The van der Waals surface area contributed by atoms with Crippen molar-refractivity contribution in [3.05, 3.63) is 59.7 Å². The summed E-state index contributed by atoms with van der Waals surface area (Å²) in [6, 6.07) is 16.2. The Labute approximate surface area is 178 Å². The summed E-state index contributed by atoms with van der Waals surface area (Å²) in [7, 11) is 0. The van der Waals surface area contributed by atoms with Crippen molar-refractivity contribution in [2.45, 2.75) is 19.8 Å². The number of piperazine rings is 1. The van der Waals surface area contributed by atoms with Crippen LogP contribution in [0.3, 0.4) is 0 Å². The van der Waals surface area contributed by atoms with Crippen molar-refractivity contribution in [3.63, 3.8) is 0 Å². The molecule has 1 saturated heterocycles. The summed E-state index contributed by atoms with van der Waals surface area (Å²) in [4.78, 5) is 31.4. The van der Waals surface area contributed by atoms with Gasteiger partial charge in [-0.3, -0.25) is 14.5 Å². The van der Waals surface area contributed by atoms with E-state index in [-0.39, 0.29) is 11.8 Å². The molecular weight excluding hydrogens is 376 g/mol. The topological polar surface area (TPSA) is 55.9 Å². The lowest BCUT2D eigenvalue weighted by Gasteiger charge is -2.37. The number of benzene rings is 2. The summed E-state index contributed by atoms with van der Waals surface area (Å²) in [6.45, 7) is 6.55. The maximum atomic E-state index is 12.9. The van der Waals surface area contributed by atoms with Crippen LogP contribution in [0.5, 0.6) is 0 Å². The Kier molecular flexibility index (Phi) is 6.33. The van der Waals surface area contributed by atoms with E-state index in [9.17, 15) is 9.59 Å². The molecule has 0 spiro atoms. The van der Waals surface area contributed by atoms with Gasteiger partial charge < -0.3 is 15.1 Å². The van der Waals surface area contributed by atoms with E-state index in [4.69, 9.17) is 0 Å². The molecule has 0 atom stereocenters. The van der Waals surface area contributed by atoms with E-state index >= 15 is 0 Å². The number of rotatable bonds is 5. The maximum absolute atomic E-state index is 12.9. The maximum Gasteiger partial charge on any atom is 0.242 e. The molecule has 158 valence electrons. The minimum atomic E-state index is -0.0106. The lowest BCUT2D eigenvalue weighted by molar-refractivity contribution is -0.131. The summed E-state index contributed by atoms with van der Waals surface area (Å²) in [5.41, 5.74) is 4.52. The molecule has 0 radical (unpaired) electrons. The Bertz CT molecular complexity index is 888. The van der Waals surface area contributed by atoms with Crippen LogP contribution in [0.2, 0.25) is 0 Å². The molecule has 2 aromatic rings. The SMILES string of the molecule is Cc1ccc(NC(=O)CN2CCN(C(=O)CN3CCCc4ccccc43)CC2)cc1. The minimum absolute atomic E-state index is 0.0106. The fourth-order valence-corrected chi connectivity index (χ4v) is 4.23. The van der Waals surface area contributed by atoms with Gasteiger partial charge in [0.2, 0.25) is 11.8 Å². The highest BCUT2D eigenvalue weighted by molar-refractivity contribution is 5.92. The van der Waals surface area contributed by atoms with Crippen molar-refractivity contribution >= 4 is 23.2 Å². The molecule has 2 heterocycles. The molecule has 2 aromatic carbocycles. The van der Waals surface area contributed by atoms with Crippen LogP contribution >= 0.6 is 0 Å². The van der Waals surface area contributed by atoms with Crippen molar-refractivity contribution in [2.75, 3.05) is 56.0 Å². The summed E-state index contributed by atoms with van der Waals surface area (Å²) >= 11 is 0. The van der Waals surface area contributed by atoms with Crippen LogP contribution in [-0.4, -0.2) is 67.4 Å². The smallest absolute Gasteiger partial charge is 0.242 e. The largest absolute Gasteiger partial charge is 0.362 e. The first-order valence-electron chi connectivity index (χ1n) is 10.8. The molecule has 0 bridgehead atoms. The summed E-state index contributed by atoms with van der Waals surface area (Å²) < 4.78 is 0. The number of nitrogens with zero attached hydrogens (tertiary/aromatic N) is 3. The number of carbonyl (C=O) groups excluding carboxylic acids is 2. The molecule has 4 rings (SSSR count). The van der Waals surface area contributed by atoms with Crippen LogP contribution in [0.15, 0.2) is 48.5 Å². The van der Waals surface area contributed by atoms with Crippen molar-refractivity contribution in [1.29, 1.82) is 0 Å². The van der Waals surface area contributed by atoms with Crippen molar-refractivity contribution < 1.29 is 9.59 Å². The second-order valence-electron chi connectivity index (χ2n) is 8.22. The molecule has 0 unspecified atom stereocenters. The van der Waals surface area contributed by atoms with Crippen molar-refractivity contribution in [2.24, 2.45) is 0 Å². The van der Waals surface area contributed by atoms with E-state index in [0.717, 1.165) is 38.2 Å². The molecule has 2 aliphatic heterocycles. The average Bonchev–Trinajstić information content (AvgIpc) is 2.76. The van der Waals surface area contributed by atoms with Crippen LogP contribution < -0.4 is 10.2 Å². The van der Waals surface area contributed by atoms with Gasteiger partial charge in [-0.15, -0.1) is 0 Å². The van der Waals surface area contributed by atoms with Crippen LogP contribution in [0, 0.1) is 6.92 Å². The quantitative estimate of drug-likeness (QED) is 0.829. The van der Waals surface area contributed by atoms with Gasteiger partial charge in [0.15, 0.2) is 0 Å². The van der Waals surface area contributed by atoms with E-state index in [1.54, 1.807) is 0 Å². The predicted octanol–water partition coefficient (Wildman–Crippen LogP) is 2.53. The number of amides is 2. The molecule has 1 fully saturated rings. The fourth-order valence-electron chi connectivity index (χ4n) is 4.23. The van der Waals surface area contributed by atoms with E-state index < -0.39 is 0 Å². The number of hydrogen-bond acceptors (Lipinski definition) is 4. The van der Waals surface area contributed by atoms with E-state index in [1.807, 2.05) is 42.2 Å². The summed E-state index contributed by atoms with van der Waals surface area (Å²) in [6.07, 6.45) is 2.18. The minimum Gasteiger partial charge on any atom is -0.362 e. The third kappa shape index (κ3) is 5.00. The summed E-state index contributed by atoms with van der Waals surface area (Å²) in [5, 5.41) is 2.95. The first kappa shape index (κ1) is 20.4. The Balaban J connectivity index is 1.24. The summed E-state index contributed by atoms with van der Waals surface area (Å²) in [5.74, 6) is 0.166. The molecule has 0 saturated carbocycles. The number of carbonyl (C=O) groups is 2. The molecule has 6 nitrogen and oxygen atoms in total. The highest BCUT2D eigenvalue weighted by Gasteiger charge is 2.25. The highest BCUT2D eigenvalue weighted by Crippen LogP contribution is 2.26. The van der Waals surface area contributed by atoms with Gasteiger partial charge in [-0.25, -0.2) is 0 Å². The second-order valence-corrected chi connectivity index (χ2v) is 8.22. The lowest BCUT2D eigenvalue weighted by atomic mass is 10.0. The van der Waals surface area contributed by atoms with Crippen LogP contribution in [0.4, 0.5) is 11.4 Å². The molecule has 30 heavy (non-hydrogen) atoms. The Hall–Kier alpha value is -2.86. The molecule has 2 aliphatic rings. The van der Waals surface area contributed by atoms with Gasteiger partial charge in [0.1, 0.15) is 0 Å². The molecule has 0 aliphatic carbocycles. The van der Waals surface area contributed by atoms with Crippen LogP contribution in [0.1, 0.15) is 17.5 Å². The normalized spacial score (nSPS) is 16.8. The first-order chi connectivity index (χ1) is 14.6. The highest BCUT2D eigenvalue weighted by atomic mass is 16.2. The molecule has 0 aromatic heterocycles. The Morgan fingerprint density at radius 3 is 2.40 bits per heavy atom. The van der Waals surface area contributed by atoms with E-state index in [2.05, 4.69) is 33.3 Å². The van der Waals surface area contributed by atoms with Gasteiger partial charge >= 0.3 is 0 Å².